The van der Waals surface area contributed by atoms with Crippen LogP contribution in [-0.4, -0.2) is 66.9 Å². The molecule has 9 nitrogen and oxygen atoms in total. The van der Waals surface area contributed by atoms with E-state index in [-0.39, 0.29) is 12.0 Å². The van der Waals surface area contributed by atoms with Crippen LogP contribution in [0.3, 0.4) is 0 Å². The zero-order valence-corrected chi connectivity index (χ0v) is 17.1. The van der Waals surface area contributed by atoms with Crippen LogP contribution in [0.5, 0.6) is 0 Å². The quantitative estimate of drug-likeness (QED) is 0.513. The van der Waals surface area contributed by atoms with Gasteiger partial charge in [0.1, 0.15) is 0 Å². The van der Waals surface area contributed by atoms with Gasteiger partial charge in [0.2, 0.25) is 5.91 Å². The van der Waals surface area contributed by atoms with E-state index in [0.717, 1.165) is 50.5 Å². The summed E-state index contributed by atoms with van der Waals surface area (Å²) in [6, 6.07) is 8.14. The molecule has 1 atom stereocenters. The number of hydrogen-bond acceptors (Lipinski definition) is 6. The predicted molar refractivity (Wildman–Crippen MR) is 113 cm³/mol. The summed E-state index contributed by atoms with van der Waals surface area (Å²) in [5, 5.41) is 21.1. The predicted octanol–water partition coefficient (Wildman–Crippen LogP) is 1.93. The molecule has 1 amide bonds. The van der Waals surface area contributed by atoms with Crippen molar-refractivity contribution in [3.05, 3.63) is 24.3 Å². The topological polar surface area (TPSA) is 128 Å². The molecular weight excluding hydrogens is 390 g/mol. The highest BCUT2D eigenvalue weighted by molar-refractivity contribution is 6.27. The first-order valence-electron chi connectivity index (χ1n) is 10.4. The van der Waals surface area contributed by atoms with Crippen molar-refractivity contribution >= 4 is 29.2 Å². The van der Waals surface area contributed by atoms with Crippen LogP contribution < -0.4 is 15.5 Å². The number of nitrogens with zero attached hydrogens (tertiary/aromatic N) is 1. The van der Waals surface area contributed by atoms with E-state index in [0.29, 0.717) is 6.54 Å². The molecule has 2 saturated heterocycles. The number of ether oxygens (including phenoxy) is 1. The number of anilines is 2. The van der Waals surface area contributed by atoms with Crippen LogP contribution in [0.2, 0.25) is 0 Å². The van der Waals surface area contributed by atoms with Crippen LogP contribution in [0.25, 0.3) is 0 Å². The number of nitrogens with one attached hydrogen (secondary N) is 2. The molecule has 166 valence electrons. The molecule has 9 heteroatoms. The van der Waals surface area contributed by atoms with Gasteiger partial charge in [0.15, 0.2) is 0 Å². The molecule has 3 rings (SSSR count). The second-order valence-electron chi connectivity index (χ2n) is 7.34. The van der Waals surface area contributed by atoms with Crippen molar-refractivity contribution in [2.24, 2.45) is 0 Å². The molecule has 2 fully saturated rings. The zero-order valence-electron chi connectivity index (χ0n) is 17.1. The molecule has 0 spiro atoms. The van der Waals surface area contributed by atoms with Crippen LogP contribution in [-0.2, 0) is 19.1 Å². The van der Waals surface area contributed by atoms with Crippen LogP contribution in [0.15, 0.2) is 24.3 Å². The third-order valence-corrected chi connectivity index (χ3v) is 4.99. The highest BCUT2D eigenvalue weighted by atomic mass is 16.5. The monoisotopic (exact) mass is 421 g/mol. The number of carbonyl (C=O) groups is 3. The highest BCUT2D eigenvalue weighted by Gasteiger charge is 2.17. The molecule has 0 saturated carbocycles. The lowest BCUT2D eigenvalue weighted by Crippen LogP contribution is -2.34. The Balaban J connectivity index is 0.000000469. The fourth-order valence-corrected chi connectivity index (χ4v) is 3.51. The molecule has 0 aromatic heterocycles. The number of benzene rings is 1. The SMILES string of the molecule is O=C(CNCC1CCCO1)Nc1ccccc1N1CCCCCC1.O=C(O)C(=O)O. The van der Waals surface area contributed by atoms with Gasteiger partial charge in [-0.05, 0) is 37.8 Å². The van der Waals surface area contributed by atoms with E-state index in [2.05, 4.69) is 21.6 Å². The molecule has 4 N–H and O–H groups in total. The first-order valence-corrected chi connectivity index (χ1v) is 10.4. The third-order valence-electron chi connectivity index (χ3n) is 4.99. The van der Waals surface area contributed by atoms with E-state index in [1.165, 1.54) is 25.7 Å². The zero-order chi connectivity index (χ0) is 21.8. The highest BCUT2D eigenvalue weighted by Crippen LogP contribution is 2.27. The minimum atomic E-state index is -1.82. The Morgan fingerprint density at radius 2 is 1.67 bits per heavy atom. The summed E-state index contributed by atoms with van der Waals surface area (Å²) in [4.78, 5) is 32.9. The number of carboxylic acid groups (broad SMARTS) is 2. The Labute approximate surface area is 176 Å². The Morgan fingerprint density at radius 3 is 2.27 bits per heavy atom. The maximum absolute atomic E-state index is 12.3. The summed E-state index contributed by atoms with van der Waals surface area (Å²) in [5.74, 6) is -3.64. The normalized spacial score (nSPS) is 18.7. The van der Waals surface area contributed by atoms with Gasteiger partial charge in [-0.15, -0.1) is 0 Å². The van der Waals surface area contributed by atoms with E-state index in [1.54, 1.807) is 0 Å². The third kappa shape index (κ3) is 8.38. The Hall–Kier alpha value is -2.65. The summed E-state index contributed by atoms with van der Waals surface area (Å²) in [7, 11) is 0. The van der Waals surface area contributed by atoms with Crippen molar-refractivity contribution in [2.75, 3.05) is 43.0 Å². The van der Waals surface area contributed by atoms with Crippen molar-refractivity contribution in [3.8, 4) is 0 Å². The first-order chi connectivity index (χ1) is 14.5. The molecule has 2 aliphatic rings. The van der Waals surface area contributed by atoms with Gasteiger partial charge >= 0.3 is 11.9 Å². The van der Waals surface area contributed by atoms with E-state index < -0.39 is 11.9 Å². The molecule has 0 bridgehead atoms. The minimum absolute atomic E-state index is 0.00951. The van der Waals surface area contributed by atoms with Crippen molar-refractivity contribution in [3.63, 3.8) is 0 Å². The standard InChI is InChI=1S/C19H29N3O2.C2H2O4/c23-19(15-20-14-16-8-7-13-24-16)21-17-9-3-4-10-18(17)22-11-5-1-2-6-12-22;3-1(4)2(5)6/h3-4,9-10,16,20H,1-2,5-8,11-15H2,(H,21,23);(H,3,4)(H,5,6). The molecule has 30 heavy (non-hydrogen) atoms. The Morgan fingerprint density at radius 1 is 1.00 bits per heavy atom. The van der Waals surface area contributed by atoms with Gasteiger partial charge in [0, 0.05) is 26.2 Å². The van der Waals surface area contributed by atoms with Crippen molar-refractivity contribution < 1.29 is 29.3 Å². The fraction of sp³-hybridized carbons (Fsp3) is 0.571. The van der Waals surface area contributed by atoms with Gasteiger partial charge in [-0.1, -0.05) is 25.0 Å². The molecule has 2 heterocycles. The van der Waals surface area contributed by atoms with Gasteiger partial charge in [0.05, 0.1) is 24.0 Å². The van der Waals surface area contributed by atoms with Gasteiger partial charge in [-0.3, -0.25) is 4.79 Å². The summed E-state index contributed by atoms with van der Waals surface area (Å²) >= 11 is 0. The lowest BCUT2D eigenvalue weighted by atomic mass is 10.2. The molecule has 1 aromatic rings. The lowest BCUT2D eigenvalue weighted by Gasteiger charge is -2.25. The number of para-hydroxylation sites is 2. The number of carboxylic acids is 2. The number of amides is 1. The van der Waals surface area contributed by atoms with Crippen LogP contribution in [0, 0.1) is 0 Å². The van der Waals surface area contributed by atoms with Gasteiger partial charge < -0.3 is 30.5 Å². The smallest absolute Gasteiger partial charge is 0.414 e. The number of rotatable bonds is 6. The average molecular weight is 421 g/mol. The minimum Gasteiger partial charge on any atom is -0.473 e. The summed E-state index contributed by atoms with van der Waals surface area (Å²) in [6.45, 7) is 4.07. The summed E-state index contributed by atoms with van der Waals surface area (Å²) in [6.07, 6.45) is 7.54. The summed E-state index contributed by atoms with van der Waals surface area (Å²) < 4.78 is 5.56. The Bertz CT molecular complexity index is 686. The second-order valence-corrected chi connectivity index (χ2v) is 7.34. The number of aliphatic carboxylic acids is 2. The number of hydrogen-bond donors (Lipinski definition) is 4. The summed E-state index contributed by atoms with van der Waals surface area (Å²) in [5.41, 5.74) is 2.06. The van der Waals surface area contributed by atoms with Crippen molar-refractivity contribution in [2.45, 2.75) is 44.6 Å². The second kappa shape index (κ2) is 12.8. The van der Waals surface area contributed by atoms with Crippen molar-refractivity contribution in [1.29, 1.82) is 0 Å². The molecule has 2 aliphatic heterocycles. The van der Waals surface area contributed by atoms with E-state index >= 15 is 0 Å². The average Bonchev–Trinajstić information content (AvgIpc) is 3.09. The fourth-order valence-electron chi connectivity index (χ4n) is 3.51. The van der Waals surface area contributed by atoms with E-state index in [4.69, 9.17) is 24.5 Å². The van der Waals surface area contributed by atoms with E-state index in [1.807, 2.05) is 18.2 Å². The van der Waals surface area contributed by atoms with Crippen molar-refractivity contribution in [1.82, 2.24) is 5.32 Å². The van der Waals surface area contributed by atoms with Gasteiger partial charge in [-0.25, -0.2) is 9.59 Å². The van der Waals surface area contributed by atoms with Crippen LogP contribution >= 0.6 is 0 Å². The Kier molecular flexibility index (Phi) is 10.1. The molecular formula is C21H31N3O6. The first kappa shape index (κ1) is 23.6. The largest absolute Gasteiger partial charge is 0.473 e. The lowest BCUT2D eigenvalue weighted by molar-refractivity contribution is -0.159. The maximum Gasteiger partial charge on any atom is 0.414 e. The molecule has 1 aromatic carbocycles. The van der Waals surface area contributed by atoms with Crippen LogP contribution in [0.4, 0.5) is 11.4 Å². The number of carbonyl (C=O) groups excluding carboxylic acids is 1. The van der Waals surface area contributed by atoms with Gasteiger partial charge in [-0.2, -0.15) is 0 Å². The molecule has 1 unspecified atom stereocenters. The van der Waals surface area contributed by atoms with E-state index in [9.17, 15) is 4.79 Å². The molecule has 0 radical (unpaired) electrons. The maximum atomic E-state index is 12.3. The van der Waals surface area contributed by atoms with Gasteiger partial charge in [0.25, 0.3) is 0 Å². The molecule has 0 aliphatic carbocycles. The van der Waals surface area contributed by atoms with Crippen LogP contribution in [0.1, 0.15) is 38.5 Å².